The highest BCUT2D eigenvalue weighted by Gasteiger charge is 2.38. The molecule has 1 aromatic rings. The lowest BCUT2D eigenvalue weighted by Gasteiger charge is -2.39. The van der Waals surface area contributed by atoms with Crippen molar-refractivity contribution in [3.8, 4) is 6.07 Å². The molecule has 1 aliphatic carbocycles. The largest absolute Gasteiger partial charge is 0.373 e. The van der Waals surface area contributed by atoms with Crippen LogP contribution in [0.5, 0.6) is 0 Å². The van der Waals surface area contributed by atoms with Crippen molar-refractivity contribution in [1.29, 1.82) is 5.26 Å². The summed E-state index contributed by atoms with van der Waals surface area (Å²) >= 11 is 0. The number of rotatable bonds is 3. The number of anilines is 1. The van der Waals surface area contributed by atoms with Crippen molar-refractivity contribution < 1.29 is 0 Å². The minimum Gasteiger partial charge on any atom is -0.373 e. The molecule has 1 aliphatic rings. The Balaban J connectivity index is 2.08. The van der Waals surface area contributed by atoms with Crippen LogP contribution >= 0.6 is 0 Å². The first kappa shape index (κ1) is 13.9. The van der Waals surface area contributed by atoms with Gasteiger partial charge in [-0.2, -0.15) is 5.26 Å². The molecule has 0 saturated heterocycles. The number of benzene rings is 1. The number of hydrogen-bond acceptors (Lipinski definition) is 2. The zero-order valence-corrected chi connectivity index (χ0v) is 12.5. The molecular weight excluding hydrogens is 232 g/mol. The third kappa shape index (κ3) is 2.92. The molecule has 19 heavy (non-hydrogen) atoms. The van der Waals surface area contributed by atoms with Crippen LogP contribution < -0.4 is 4.90 Å². The predicted octanol–water partition coefficient (Wildman–Crippen LogP) is 4.11. The third-order valence-electron chi connectivity index (χ3n) is 4.26. The van der Waals surface area contributed by atoms with Gasteiger partial charge in [-0.3, -0.25) is 0 Å². The Bertz CT molecular complexity index is 469. The molecule has 102 valence electrons. The maximum Gasteiger partial charge on any atom is 0.0748 e. The van der Waals surface area contributed by atoms with Gasteiger partial charge in [-0.05, 0) is 36.0 Å². The van der Waals surface area contributed by atoms with Crippen molar-refractivity contribution in [1.82, 2.24) is 0 Å². The number of hydrogen-bond donors (Lipinski definition) is 0. The first-order chi connectivity index (χ1) is 8.86. The van der Waals surface area contributed by atoms with Crippen LogP contribution in [0.2, 0.25) is 0 Å². The van der Waals surface area contributed by atoms with Gasteiger partial charge in [-0.15, -0.1) is 0 Å². The Labute approximate surface area is 117 Å². The first-order valence-corrected chi connectivity index (χ1v) is 7.09. The molecule has 0 radical (unpaired) electrons. The van der Waals surface area contributed by atoms with E-state index in [9.17, 15) is 5.26 Å². The van der Waals surface area contributed by atoms with E-state index in [1.54, 1.807) is 0 Å². The Hall–Kier alpha value is -1.49. The van der Waals surface area contributed by atoms with E-state index in [0.717, 1.165) is 19.4 Å². The molecule has 1 aromatic carbocycles. The topological polar surface area (TPSA) is 27.0 Å². The van der Waals surface area contributed by atoms with Crippen molar-refractivity contribution in [2.24, 2.45) is 5.41 Å². The molecule has 0 aromatic heterocycles. The monoisotopic (exact) mass is 256 g/mol. The Kier molecular flexibility index (Phi) is 3.58. The molecule has 2 nitrogen and oxygen atoms in total. The summed E-state index contributed by atoms with van der Waals surface area (Å²) in [7, 11) is 2.09. The number of nitrogens with zero attached hydrogens (tertiary/aromatic N) is 2. The smallest absolute Gasteiger partial charge is 0.0748 e. The van der Waals surface area contributed by atoms with Crippen molar-refractivity contribution in [2.45, 2.75) is 45.4 Å². The highest BCUT2D eigenvalue weighted by atomic mass is 15.1. The van der Waals surface area contributed by atoms with E-state index >= 15 is 0 Å². The standard InChI is InChI=1S/C17H24N2/c1-16(2,3)14-6-8-15(9-7-14)19(4)13-17(12-18)10-5-11-17/h6-9H,5,10-11,13H2,1-4H3. The average molecular weight is 256 g/mol. The van der Waals surface area contributed by atoms with Crippen molar-refractivity contribution in [3.05, 3.63) is 29.8 Å². The fourth-order valence-corrected chi connectivity index (χ4v) is 2.67. The van der Waals surface area contributed by atoms with Crippen LogP contribution in [0.15, 0.2) is 24.3 Å². The maximum atomic E-state index is 9.31. The zero-order chi connectivity index (χ0) is 14.1. The van der Waals surface area contributed by atoms with Crippen molar-refractivity contribution in [2.75, 3.05) is 18.5 Å². The van der Waals surface area contributed by atoms with Crippen LogP contribution in [0.1, 0.15) is 45.6 Å². The Morgan fingerprint density at radius 3 is 2.16 bits per heavy atom. The summed E-state index contributed by atoms with van der Waals surface area (Å²) in [5.41, 5.74) is 2.65. The molecule has 1 saturated carbocycles. The highest BCUT2D eigenvalue weighted by molar-refractivity contribution is 5.48. The van der Waals surface area contributed by atoms with Crippen LogP contribution in [0.3, 0.4) is 0 Å². The van der Waals surface area contributed by atoms with E-state index in [2.05, 4.69) is 63.1 Å². The fourth-order valence-electron chi connectivity index (χ4n) is 2.67. The summed E-state index contributed by atoms with van der Waals surface area (Å²) in [6, 6.07) is 11.3. The van der Waals surface area contributed by atoms with Crippen LogP contribution in [-0.4, -0.2) is 13.6 Å². The number of nitriles is 1. The van der Waals surface area contributed by atoms with Gasteiger partial charge in [0.1, 0.15) is 0 Å². The fraction of sp³-hybridized carbons (Fsp3) is 0.588. The summed E-state index contributed by atoms with van der Waals surface area (Å²) in [4.78, 5) is 2.22. The van der Waals surface area contributed by atoms with Gasteiger partial charge >= 0.3 is 0 Å². The lowest BCUT2D eigenvalue weighted by molar-refractivity contribution is 0.223. The highest BCUT2D eigenvalue weighted by Crippen LogP contribution is 2.41. The van der Waals surface area contributed by atoms with Gasteiger partial charge in [0.2, 0.25) is 0 Å². The Morgan fingerprint density at radius 1 is 1.21 bits per heavy atom. The van der Waals surface area contributed by atoms with E-state index in [4.69, 9.17) is 0 Å². The zero-order valence-electron chi connectivity index (χ0n) is 12.5. The lowest BCUT2D eigenvalue weighted by atomic mass is 9.69. The normalized spacial score (nSPS) is 17.4. The Morgan fingerprint density at radius 2 is 1.79 bits per heavy atom. The average Bonchev–Trinajstić information content (AvgIpc) is 2.32. The summed E-state index contributed by atoms with van der Waals surface area (Å²) in [5.74, 6) is 0. The molecule has 0 heterocycles. The van der Waals surface area contributed by atoms with Crippen LogP contribution in [0.4, 0.5) is 5.69 Å². The first-order valence-electron chi connectivity index (χ1n) is 7.09. The van der Waals surface area contributed by atoms with E-state index in [-0.39, 0.29) is 10.8 Å². The van der Waals surface area contributed by atoms with E-state index in [1.165, 1.54) is 17.7 Å². The van der Waals surface area contributed by atoms with Gasteiger partial charge in [-0.1, -0.05) is 39.3 Å². The van der Waals surface area contributed by atoms with Crippen LogP contribution in [0.25, 0.3) is 0 Å². The molecule has 1 fully saturated rings. The van der Waals surface area contributed by atoms with Gasteiger partial charge in [0.25, 0.3) is 0 Å². The molecule has 0 amide bonds. The van der Waals surface area contributed by atoms with Crippen LogP contribution in [-0.2, 0) is 5.41 Å². The van der Waals surface area contributed by atoms with E-state index in [1.807, 2.05) is 0 Å². The molecule has 2 heteroatoms. The molecule has 0 N–H and O–H groups in total. The van der Waals surface area contributed by atoms with Crippen molar-refractivity contribution in [3.63, 3.8) is 0 Å². The van der Waals surface area contributed by atoms with Gasteiger partial charge in [0.05, 0.1) is 11.5 Å². The minimum absolute atomic E-state index is 0.0998. The minimum atomic E-state index is -0.0998. The second-order valence-corrected chi connectivity index (χ2v) is 6.90. The summed E-state index contributed by atoms with van der Waals surface area (Å²) in [6.45, 7) is 7.53. The van der Waals surface area contributed by atoms with Crippen molar-refractivity contribution >= 4 is 5.69 Å². The predicted molar refractivity (Wildman–Crippen MR) is 80.3 cm³/mol. The summed E-state index contributed by atoms with van der Waals surface area (Å²) in [6.07, 6.45) is 3.30. The van der Waals surface area contributed by atoms with Gasteiger partial charge in [0, 0.05) is 19.3 Å². The third-order valence-corrected chi connectivity index (χ3v) is 4.26. The molecule has 2 rings (SSSR count). The van der Waals surface area contributed by atoms with E-state index < -0.39 is 0 Å². The summed E-state index contributed by atoms with van der Waals surface area (Å²) in [5, 5.41) is 9.31. The van der Waals surface area contributed by atoms with Crippen LogP contribution in [0, 0.1) is 16.7 Å². The van der Waals surface area contributed by atoms with Gasteiger partial charge in [-0.25, -0.2) is 0 Å². The molecular formula is C17H24N2. The molecule has 0 unspecified atom stereocenters. The van der Waals surface area contributed by atoms with Gasteiger partial charge < -0.3 is 4.90 Å². The second-order valence-electron chi connectivity index (χ2n) is 6.90. The second kappa shape index (κ2) is 4.89. The molecule has 0 bridgehead atoms. The van der Waals surface area contributed by atoms with E-state index in [0.29, 0.717) is 0 Å². The lowest BCUT2D eigenvalue weighted by Crippen LogP contribution is -2.39. The molecule has 0 atom stereocenters. The van der Waals surface area contributed by atoms with Gasteiger partial charge in [0.15, 0.2) is 0 Å². The quantitative estimate of drug-likeness (QED) is 0.813. The summed E-state index contributed by atoms with van der Waals surface area (Å²) < 4.78 is 0. The SMILES string of the molecule is CN(CC1(C#N)CCC1)c1ccc(C(C)(C)C)cc1. The maximum absolute atomic E-state index is 9.31. The molecule has 0 aliphatic heterocycles. The molecule has 0 spiro atoms.